The number of pyridine rings is 1. The molecule has 0 fully saturated rings. The highest BCUT2D eigenvalue weighted by atomic mass is 79.9. The lowest BCUT2D eigenvalue weighted by molar-refractivity contribution is 0.101. The van der Waals surface area contributed by atoms with Crippen LogP contribution in [0.15, 0.2) is 65.3 Å². The summed E-state index contributed by atoms with van der Waals surface area (Å²) in [6.07, 6.45) is 1.57. The Bertz CT molecular complexity index is 1500. The highest BCUT2D eigenvalue weighted by Gasteiger charge is 2.29. The van der Waals surface area contributed by atoms with E-state index in [4.69, 9.17) is 4.74 Å². The summed E-state index contributed by atoms with van der Waals surface area (Å²) < 4.78 is 47.3. The molecular formula is C25H22BrFN2O4S. The first-order chi connectivity index (χ1) is 16.3. The van der Waals surface area contributed by atoms with Crippen LogP contribution in [0.3, 0.4) is 0 Å². The summed E-state index contributed by atoms with van der Waals surface area (Å²) in [6.45, 7) is 1.54. The van der Waals surface area contributed by atoms with Gasteiger partial charge in [-0.3, -0.25) is 4.79 Å². The van der Waals surface area contributed by atoms with Gasteiger partial charge in [-0.25, -0.2) is 17.8 Å². The first-order valence-electron chi connectivity index (χ1n) is 10.5. The number of ketones is 1. The van der Waals surface area contributed by atoms with Crippen molar-refractivity contribution in [3.05, 3.63) is 82.3 Å². The fourth-order valence-electron chi connectivity index (χ4n) is 3.96. The first-order valence-corrected chi connectivity index (χ1v) is 13.1. The van der Waals surface area contributed by atoms with Gasteiger partial charge in [0.15, 0.2) is 15.6 Å². The topological polar surface area (TPSA) is 78.3 Å². The standard InChI is InChI=1S/C25H22BrFN2O4S/c1-3-34(31,32)15-22(30)24-23(18-8-6-12-28-25(18)33-2)19-13-17(26)10-11-21(19)29(24)14-16-7-4-5-9-20(16)27/h4-13H,3,14-15H2,1-2H3. The van der Waals surface area contributed by atoms with E-state index in [1.54, 1.807) is 41.1 Å². The van der Waals surface area contributed by atoms with Gasteiger partial charge < -0.3 is 9.30 Å². The second-order valence-corrected chi connectivity index (χ2v) is 11.0. The van der Waals surface area contributed by atoms with E-state index in [2.05, 4.69) is 20.9 Å². The summed E-state index contributed by atoms with van der Waals surface area (Å²) in [4.78, 5) is 17.9. The van der Waals surface area contributed by atoms with Crippen molar-refractivity contribution in [2.45, 2.75) is 13.5 Å². The van der Waals surface area contributed by atoms with Crippen LogP contribution in [-0.2, 0) is 16.4 Å². The number of carbonyl (C=O) groups is 1. The van der Waals surface area contributed by atoms with E-state index in [1.165, 1.54) is 20.1 Å². The van der Waals surface area contributed by atoms with Gasteiger partial charge in [0.1, 0.15) is 11.6 Å². The molecule has 0 saturated carbocycles. The summed E-state index contributed by atoms with van der Waals surface area (Å²) in [5.41, 5.74) is 2.23. The molecule has 9 heteroatoms. The Morgan fingerprint density at radius 3 is 2.62 bits per heavy atom. The van der Waals surface area contributed by atoms with Gasteiger partial charge in [-0.2, -0.15) is 0 Å². The first kappa shape index (κ1) is 24.1. The Hall–Kier alpha value is -3.04. The van der Waals surface area contributed by atoms with Crippen LogP contribution >= 0.6 is 15.9 Å². The number of carbonyl (C=O) groups excluding carboxylic acids is 1. The molecule has 0 aliphatic carbocycles. The Balaban J connectivity index is 2.09. The van der Waals surface area contributed by atoms with E-state index in [0.29, 0.717) is 33.5 Å². The van der Waals surface area contributed by atoms with Gasteiger partial charge in [0.25, 0.3) is 0 Å². The zero-order valence-electron chi connectivity index (χ0n) is 18.6. The van der Waals surface area contributed by atoms with Crippen LogP contribution in [0.5, 0.6) is 5.88 Å². The number of hydrogen-bond acceptors (Lipinski definition) is 5. The van der Waals surface area contributed by atoms with Crippen LogP contribution in [0.1, 0.15) is 23.0 Å². The molecule has 34 heavy (non-hydrogen) atoms. The lowest BCUT2D eigenvalue weighted by Crippen LogP contribution is -2.21. The number of aromatic nitrogens is 2. The molecule has 0 radical (unpaired) electrons. The smallest absolute Gasteiger partial charge is 0.221 e. The van der Waals surface area contributed by atoms with Crippen molar-refractivity contribution in [2.24, 2.45) is 0 Å². The number of hydrogen-bond donors (Lipinski definition) is 0. The summed E-state index contributed by atoms with van der Waals surface area (Å²) >= 11 is 3.49. The zero-order valence-corrected chi connectivity index (χ0v) is 21.0. The third-order valence-electron chi connectivity index (χ3n) is 5.60. The summed E-state index contributed by atoms with van der Waals surface area (Å²) in [5, 5.41) is 0.689. The predicted molar refractivity (Wildman–Crippen MR) is 134 cm³/mol. The van der Waals surface area contributed by atoms with Crippen molar-refractivity contribution in [2.75, 3.05) is 18.6 Å². The van der Waals surface area contributed by atoms with Crippen molar-refractivity contribution in [3.63, 3.8) is 0 Å². The Labute approximate surface area is 205 Å². The maximum absolute atomic E-state index is 14.6. The molecule has 176 valence electrons. The van der Waals surface area contributed by atoms with Crippen molar-refractivity contribution >= 4 is 42.5 Å². The SMILES string of the molecule is CCS(=O)(=O)CC(=O)c1c(-c2cccnc2OC)c2cc(Br)ccc2n1Cc1ccccc1F. The van der Waals surface area contributed by atoms with E-state index >= 15 is 0 Å². The largest absolute Gasteiger partial charge is 0.481 e. The quantitative estimate of drug-likeness (QED) is 0.282. The summed E-state index contributed by atoms with van der Waals surface area (Å²) in [6, 6.07) is 15.3. The molecule has 4 rings (SSSR count). The van der Waals surface area contributed by atoms with Gasteiger partial charge in [0.05, 0.1) is 19.3 Å². The minimum absolute atomic E-state index is 0.0423. The molecular weight excluding hydrogens is 523 g/mol. The van der Waals surface area contributed by atoms with Gasteiger partial charge in [-0.05, 0) is 36.4 Å². The highest BCUT2D eigenvalue weighted by molar-refractivity contribution is 9.10. The van der Waals surface area contributed by atoms with Crippen LogP contribution in [0, 0.1) is 5.82 Å². The summed E-state index contributed by atoms with van der Waals surface area (Å²) in [5.74, 6) is -1.52. The van der Waals surface area contributed by atoms with E-state index < -0.39 is 27.2 Å². The number of fused-ring (bicyclic) bond motifs is 1. The Morgan fingerprint density at radius 2 is 1.91 bits per heavy atom. The van der Waals surface area contributed by atoms with Crippen LogP contribution in [0.25, 0.3) is 22.0 Å². The number of halogens is 2. The molecule has 6 nitrogen and oxygen atoms in total. The number of methoxy groups -OCH3 is 1. The Morgan fingerprint density at radius 1 is 1.15 bits per heavy atom. The lowest BCUT2D eigenvalue weighted by atomic mass is 10.0. The molecule has 0 amide bonds. The molecule has 0 bridgehead atoms. The van der Waals surface area contributed by atoms with Gasteiger partial charge in [-0.15, -0.1) is 0 Å². The molecule has 2 aromatic heterocycles. The van der Waals surface area contributed by atoms with Crippen LogP contribution in [-0.4, -0.2) is 42.4 Å². The van der Waals surface area contributed by atoms with E-state index in [9.17, 15) is 17.6 Å². The van der Waals surface area contributed by atoms with Crippen LogP contribution < -0.4 is 4.74 Å². The maximum Gasteiger partial charge on any atom is 0.221 e. The Kier molecular flexibility index (Phi) is 6.86. The van der Waals surface area contributed by atoms with E-state index in [1.807, 2.05) is 18.2 Å². The third-order valence-corrected chi connectivity index (χ3v) is 7.68. The van der Waals surface area contributed by atoms with E-state index in [-0.39, 0.29) is 18.0 Å². The predicted octanol–water partition coefficient (Wildman–Crippen LogP) is 5.28. The molecule has 2 heterocycles. The number of rotatable bonds is 8. The van der Waals surface area contributed by atoms with Crippen LogP contribution in [0.4, 0.5) is 4.39 Å². The molecule has 0 aliphatic rings. The fraction of sp³-hybridized carbons (Fsp3) is 0.200. The summed E-state index contributed by atoms with van der Waals surface area (Å²) in [7, 11) is -2.14. The molecule has 2 aromatic carbocycles. The second kappa shape index (κ2) is 9.68. The maximum atomic E-state index is 14.6. The van der Waals surface area contributed by atoms with Crippen LogP contribution in [0.2, 0.25) is 0 Å². The van der Waals surface area contributed by atoms with Crippen molar-refractivity contribution in [1.82, 2.24) is 9.55 Å². The van der Waals surface area contributed by atoms with Gasteiger partial charge in [-0.1, -0.05) is 41.1 Å². The normalized spacial score (nSPS) is 11.6. The van der Waals surface area contributed by atoms with Gasteiger partial charge in [0, 0.05) is 44.0 Å². The minimum Gasteiger partial charge on any atom is -0.481 e. The highest BCUT2D eigenvalue weighted by Crippen LogP contribution is 2.40. The molecule has 0 N–H and O–H groups in total. The lowest BCUT2D eigenvalue weighted by Gasteiger charge is -2.13. The van der Waals surface area contributed by atoms with E-state index in [0.717, 1.165) is 4.47 Å². The van der Waals surface area contributed by atoms with Crippen molar-refractivity contribution in [3.8, 4) is 17.0 Å². The monoisotopic (exact) mass is 544 g/mol. The van der Waals surface area contributed by atoms with Crippen molar-refractivity contribution < 1.29 is 22.3 Å². The fourth-order valence-corrected chi connectivity index (χ4v) is 5.07. The molecule has 0 spiro atoms. The molecule has 0 saturated heterocycles. The number of nitrogens with zero attached hydrogens (tertiary/aromatic N) is 2. The molecule has 0 atom stereocenters. The van der Waals surface area contributed by atoms with Crippen molar-refractivity contribution in [1.29, 1.82) is 0 Å². The molecule has 0 aliphatic heterocycles. The number of Topliss-reactive ketones (excluding diaryl/α,β-unsaturated/α-hetero) is 1. The average Bonchev–Trinajstić information content (AvgIpc) is 3.13. The minimum atomic E-state index is -3.62. The third kappa shape index (κ3) is 4.63. The average molecular weight is 545 g/mol. The second-order valence-electron chi connectivity index (χ2n) is 7.72. The molecule has 4 aromatic rings. The number of ether oxygens (including phenoxy) is 1. The van der Waals surface area contributed by atoms with Gasteiger partial charge >= 0.3 is 0 Å². The number of benzene rings is 2. The number of sulfone groups is 1. The zero-order chi connectivity index (χ0) is 24.5. The molecule has 0 unspecified atom stereocenters. The van der Waals surface area contributed by atoms with Gasteiger partial charge in [0.2, 0.25) is 5.88 Å².